The summed E-state index contributed by atoms with van der Waals surface area (Å²) in [6.45, 7) is 3.98. The highest BCUT2D eigenvalue weighted by Crippen LogP contribution is 2.12. The second-order valence-corrected chi connectivity index (χ2v) is 4.71. The minimum atomic E-state index is 0.839. The average Bonchev–Trinajstić information content (AvgIpc) is 2.84. The van der Waals surface area contributed by atoms with Gasteiger partial charge in [-0.25, -0.2) is 0 Å². The zero-order valence-corrected chi connectivity index (χ0v) is 10.3. The van der Waals surface area contributed by atoms with E-state index in [1.807, 2.05) is 24.5 Å². The number of fused-ring (bicyclic) bond motifs is 1. The zero-order chi connectivity index (χ0) is 12.4. The van der Waals surface area contributed by atoms with E-state index in [-0.39, 0.29) is 0 Å². The predicted octanol–water partition coefficient (Wildman–Crippen LogP) is 0.919. The van der Waals surface area contributed by atoms with Crippen molar-refractivity contribution in [1.29, 1.82) is 0 Å². The van der Waals surface area contributed by atoms with Crippen LogP contribution >= 0.6 is 0 Å². The molecule has 0 atom stereocenters. The van der Waals surface area contributed by atoms with Crippen LogP contribution in [0.5, 0.6) is 0 Å². The van der Waals surface area contributed by atoms with Crippen LogP contribution in [0, 0.1) is 0 Å². The summed E-state index contributed by atoms with van der Waals surface area (Å²) < 4.78 is 2.12. The molecule has 2 heterocycles. The zero-order valence-electron chi connectivity index (χ0n) is 10.3. The Morgan fingerprint density at radius 3 is 3.11 bits per heavy atom. The first-order valence-corrected chi connectivity index (χ1v) is 6.25. The number of nitrogens with two attached hydrogens (primary N) is 1. The molecule has 0 fully saturated rings. The van der Waals surface area contributed by atoms with Gasteiger partial charge in [0.15, 0.2) is 0 Å². The predicted molar refractivity (Wildman–Crippen MR) is 69.9 cm³/mol. The molecule has 0 unspecified atom stereocenters. The van der Waals surface area contributed by atoms with Crippen molar-refractivity contribution in [1.82, 2.24) is 19.7 Å². The minimum Gasteiger partial charge on any atom is -0.399 e. The van der Waals surface area contributed by atoms with Gasteiger partial charge in [0.1, 0.15) is 12.2 Å². The van der Waals surface area contributed by atoms with E-state index in [1.54, 1.807) is 0 Å². The fourth-order valence-electron chi connectivity index (χ4n) is 2.34. The maximum absolute atomic E-state index is 5.78. The maximum atomic E-state index is 5.78. The highest BCUT2D eigenvalue weighted by atomic mass is 15.3. The number of anilines is 1. The summed E-state index contributed by atoms with van der Waals surface area (Å²) in [4.78, 5) is 2.41. The van der Waals surface area contributed by atoms with Crippen LogP contribution in [-0.4, -0.2) is 32.8 Å². The molecule has 94 valence electrons. The van der Waals surface area contributed by atoms with Gasteiger partial charge < -0.3 is 10.3 Å². The summed E-state index contributed by atoms with van der Waals surface area (Å²) in [6.07, 6.45) is 2.84. The molecule has 1 aromatic heterocycles. The van der Waals surface area contributed by atoms with Gasteiger partial charge in [0.05, 0.1) is 6.54 Å². The van der Waals surface area contributed by atoms with Crippen molar-refractivity contribution < 1.29 is 0 Å². The Balaban J connectivity index is 1.59. The van der Waals surface area contributed by atoms with E-state index >= 15 is 0 Å². The highest BCUT2D eigenvalue weighted by Gasteiger charge is 2.16. The normalized spacial score (nSPS) is 15.6. The van der Waals surface area contributed by atoms with E-state index in [1.165, 1.54) is 5.56 Å². The first kappa shape index (κ1) is 11.2. The highest BCUT2D eigenvalue weighted by molar-refractivity contribution is 5.40. The summed E-state index contributed by atoms with van der Waals surface area (Å²) >= 11 is 0. The van der Waals surface area contributed by atoms with Gasteiger partial charge in [0, 0.05) is 25.3 Å². The van der Waals surface area contributed by atoms with Crippen LogP contribution in [0.25, 0.3) is 0 Å². The first-order valence-electron chi connectivity index (χ1n) is 6.25. The van der Waals surface area contributed by atoms with Crippen molar-refractivity contribution in [2.75, 3.05) is 18.8 Å². The number of aromatic nitrogens is 3. The largest absolute Gasteiger partial charge is 0.399 e. The SMILES string of the molecule is Nc1cccc(CCN2CCn3cnnc3C2)c1. The average molecular weight is 243 g/mol. The molecule has 1 aliphatic rings. The molecule has 0 saturated carbocycles. The molecule has 2 aromatic rings. The van der Waals surface area contributed by atoms with Crippen molar-refractivity contribution >= 4 is 5.69 Å². The molecule has 0 amide bonds. The van der Waals surface area contributed by atoms with E-state index in [0.29, 0.717) is 0 Å². The summed E-state index contributed by atoms with van der Waals surface area (Å²) in [5, 5.41) is 8.07. The Morgan fingerprint density at radius 2 is 2.22 bits per heavy atom. The van der Waals surface area contributed by atoms with Crippen molar-refractivity contribution in [2.24, 2.45) is 0 Å². The third kappa shape index (κ3) is 2.36. The van der Waals surface area contributed by atoms with Crippen LogP contribution in [0.15, 0.2) is 30.6 Å². The Hall–Kier alpha value is -1.88. The monoisotopic (exact) mass is 243 g/mol. The molecule has 5 heteroatoms. The maximum Gasteiger partial charge on any atom is 0.147 e. The van der Waals surface area contributed by atoms with Gasteiger partial charge in [-0.3, -0.25) is 4.90 Å². The van der Waals surface area contributed by atoms with Gasteiger partial charge in [-0.05, 0) is 24.1 Å². The van der Waals surface area contributed by atoms with Crippen LogP contribution in [0.1, 0.15) is 11.4 Å². The van der Waals surface area contributed by atoms with Gasteiger partial charge in [0.25, 0.3) is 0 Å². The summed E-state index contributed by atoms with van der Waals surface area (Å²) in [5.74, 6) is 1.06. The quantitative estimate of drug-likeness (QED) is 0.814. The van der Waals surface area contributed by atoms with E-state index < -0.39 is 0 Å². The topological polar surface area (TPSA) is 60.0 Å². The molecule has 5 nitrogen and oxygen atoms in total. The van der Waals surface area contributed by atoms with Crippen LogP contribution in [-0.2, 0) is 19.5 Å². The summed E-state index contributed by atoms with van der Waals surface area (Å²) in [7, 11) is 0. The Kier molecular flexibility index (Phi) is 2.98. The first-order chi connectivity index (χ1) is 8.81. The smallest absolute Gasteiger partial charge is 0.147 e. The van der Waals surface area contributed by atoms with Crippen molar-refractivity contribution in [3.8, 4) is 0 Å². The standard InChI is InChI=1S/C13H17N5/c14-12-3-1-2-11(8-12)4-5-17-6-7-18-10-15-16-13(18)9-17/h1-3,8,10H,4-7,9,14H2. The molecule has 2 N–H and O–H groups in total. The van der Waals surface area contributed by atoms with Crippen molar-refractivity contribution in [3.05, 3.63) is 42.0 Å². The van der Waals surface area contributed by atoms with Crippen LogP contribution < -0.4 is 5.73 Å². The number of rotatable bonds is 3. The molecule has 18 heavy (non-hydrogen) atoms. The molecular formula is C13H17N5. The Labute approximate surface area is 106 Å². The minimum absolute atomic E-state index is 0.839. The summed E-state index contributed by atoms with van der Waals surface area (Å²) in [5.41, 5.74) is 7.91. The molecule has 0 bridgehead atoms. The lowest BCUT2D eigenvalue weighted by Crippen LogP contribution is -2.35. The van der Waals surface area contributed by atoms with E-state index in [4.69, 9.17) is 5.73 Å². The van der Waals surface area contributed by atoms with Crippen LogP contribution in [0.4, 0.5) is 5.69 Å². The van der Waals surface area contributed by atoms with Crippen LogP contribution in [0.2, 0.25) is 0 Å². The number of nitrogens with zero attached hydrogens (tertiary/aromatic N) is 4. The fourth-order valence-corrected chi connectivity index (χ4v) is 2.34. The molecular weight excluding hydrogens is 226 g/mol. The van der Waals surface area contributed by atoms with Crippen LogP contribution in [0.3, 0.4) is 0 Å². The lowest BCUT2D eigenvalue weighted by atomic mass is 10.1. The molecule has 1 aromatic carbocycles. The lowest BCUT2D eigenvalue weighted by molar-refractivity contribution is 0.219. The fraction of sp³-hybridized carbons (Fsp3) is 0.385. The molecule has 3 rings (SSSR count). The van der Waals surface area contributed by atoms with Gasteiger partial charge in [0.2, 0.25) is 0 Å². The number of nitrogen functional groups attached to an aromatic ring is 1. The van der Waals surface area contributed by atoms with Gasteiger partial charge in [-0.15, -0.1) is 10.2 Å². The summed E-state index contributed by atoms with van der Waals surface area (Å²) in [6, 6.07) is 8.11. The Morgan fingerprint density at radius 1 is 1.28 bits per heavy atom. The van der Waals surface area contributed by atoms with Crippen molar-refractivity contribution in [3.63, 3.8) is 0 Å². The van der Waals surface area contributed by atoms with E-state index in [0.717, 1.165) is 44.1 Å². The lowest BCUT2D eigenvalue weighted by Gasteiger charge is -2.26. The van der Waals surface area contributed by atoms with Gasteiger partial charge in [-0.2, -0.15) is 0 Å². The molecule has 1 aliphatic heterocycles. The molecule has 0 saturated heterocycles. The number of hydrogen-bond acceptors (Lipinski definition) is 4. The van der Waals surface area contributed by atoms with Crippen molar-refractivity contribution in [2.45, 2.75) is 19.5 Å². The second kappa shape index (κ2) is 4.78. The molecule has 0 spiro atoms. The van der Waals surface area contributed by atoms with E-state index in [9.17, 15) is 0 Å². The third-order valence-electron chi connectivity index (χ3n) is 3.39. The number of benzene rings is 1. The van der Waals surface area contributed by atoms with E-state index in [2.05, 4.69) is 25.7 Å². The molecule has 0 radical (unpaired) electrons. The third-order valence-corrected chi connectivity index (χ3v) is 3.39. The van der Waals surface area contributed by atoms with Gasteiger partial charge in [-0.1, -0.05) is 12.1 Å². The number of hydrogen-bond donors (Lipinski definition) is 1. The Bertz CT molecular complexity index is 534. The second-order valence-electron chi connectivity index (χ2n) is 4.71. The van der Waals surface area contributed by atoms with Gasteiger partial charge >= 0.3 is 0 Å². The molecule has 0 aliphatic carbocycles.